The average Bonchev–Trinajstić information content (AvgIpc) is 2.70. The molecular weight excluding hydrogens is 282 g/mol. The number of hydrogen-bond donors (Lipinski definition) is 1. The van der Waals surface area contributed by atoms with Crippen LogP contribution in [-0.2, 0) is 6.54 Å². The summed E-state index contributed by atoms with van der Waals surface area (Å²) in [6, 6.07) is 0.00311. The SMILES string of the molecule is CCn1ncc(Br)c1C(=O)C1CCCCC1N. The molecule has 94 valence electrons. The van der Waals surface area contributed by atoms with E-state index < -0.39 is 0 Å². The number of aryl methyl sites for hydroxylation is 1. The van der Waals surface area contributed by atoms with Crippen molar-refractivity contribution in [3.05, 3.63) is 16.4 Å². The van der Waals surface area contributed by atoms with Gasteiger partial charge >= 0.3 is 0 Å². The molecule has 1 aromatic rings. The number of carbonyl (C=O) groups excluding carboxylic acids is 1. The first kappa shape index (κ1) is 12.8. The van der Waals surface area contributed by atoms with Crippen LogP contribution in [0.4, 0.5) is 0 Å². The van der Waals surface area contributed by atoms with Crippen molar-refractivity contribution >= 4 is 21.7 Å². The maximum absolute atomic E-state index is 12.5. The van der Waals surface area contributed by atoms with E-state index in [1.165, 1.54) is 0 Å². The van der Waals surface area contributed by atoms with E-state index in [9.17, 15) is 4.79 Å². The highest BCUT2D eigenvalue weighted by Crippen LogP contribution is 2.28. The van der Waals surface area contributed by atoms with Gasteiger partial charge in [0.15, 0.2) is 5.78 Å². The van der Waals surface area contributed by atoms with E-state index >= 15 is 0 Å². The molecule has 17 heavy (non-hydrogen) atoms. The van der Waals surface area contributed by atoms with Gasteiger partial charge in [-0.25, -0.2) is 0 Å². The summed E-state index contributed by atoms with van der Waals surface area (Å²) in [4.78, 5) is 12.5. The minimum absolute atomic E-state index is 0.00311. The maximum atomic E-state index is 12.5. The molecule has 0 aliphatic heterocycles. The van der Waals surface area contributed by atoms with Crippen LogP contribution in [-0.4, -0.2) is 21.6 Å². The number of aromatic nitrogens is 2. The van der Waals surface area contributed by atoms with Crippen LogP contribution >= 0.6 is 15.9 Å². The van der Waals surface area contributed by atoms with Crippen LogP contribution in [0.5, 0.6) is 0 Å². The Hall–Kier alpha value is -0.680. The molecule has 2 unspecified atom stereocenters. The smallest absolute Gasteiger partial charge is 0.186 e. The van der Waals surface area contributed by atoms with Crippen molar-refractivity contribution in [2.45, 2.75) is 45.2 Å². The third-order valence-corrected chi connectivity index (χ3v) is 4.06. The minimum atomic E-state index is -0.0398. The molecule has 1 aromatic heterocycles. The second-order valence-corrected chi connectivity index (χ2v) is 5.43. The van der Waals surface area contributed by atoms with Crippen LogP contribution in [0.1, 0.15) is 43.1 Å². The van der Waals surface area contributed by atoms with Gasteiger partial charge in [-0.3, -0.25) is 9.48 Å². The lowest BCUT2D eigenvalue weighted by Gasteiger charge is -2.27. The summed E-state index contributed by atoms with van der Waals surface area (Å²) in [7, 11) is 0. The third kappa shape index (κ3) is 2.45. The minimum Gasteiger partial charge on any atom is -0.327 e. The van der Waals surface area contributed by atoms with Crippen LogP contribution in [0.15, 0.2) is 10.7 Å². The lowest BCUT2D eigenvalue weighted by Crippen LogP contribution is -2.38. The van der Waals surface area contributed by atoms with Crippen molar-refractivity contribution in [2.24, 2.45) is 11.7 Å². The summed E-state index contributed by atoms with van der Waals surface area (Å²) in [5, 5.41) is 4.18. The van der Waals surface area contributed by atoms with Gasteiger partial charge in [0.05, 0.1) is 10.7 Å². The van der Waals surface area contributed by atoms with Crippen molar-refractivity contribution in [3.8, 4) is 0 Å². The van der Waals surface area contributed by atoms with E-state index in [2.05, 4.69) is 21.0 Å². The number of hydrogen-bond acceptors (Lipinski definition) is 3. The first-order valence-corrected chi connectivity index (χ1v) is 6.95. The summed E-state index contributed by atoms with van der Waals surface area (Å²) in [6.45, 7) is 2.69. The molecule has 1 fully saturated rings. The average molecular weight is 300 g/mol. The lowest BCUT2D eigenvalue weighted by molar-refractivity contribution is 0.0859. The first-order chi connectivity index (χ1) is 8.15. The normalized spacial score (nSPS) is 24.9. The fourth-order valence-electron chi connectivity index (χ4n) is 2.51. The third-order valence-electron chi connectivity index (χ3n) is 3.48. The second-order valence-electron chi connectivity index (χ2n) is 4.58. The lowest BCUT2D eigenvalue weighted by atomic mass is 9.81. The quantitative estimate of drug-likeness (QED) is 0.872. The van der Waals surface area contributed by atoms with Crippen LogP contribution in [0, 0.1) is 5.92 Å². The second kappa shape index (κ2) is 5.31. The maximum Gasteiger partial charge on any atom is 0.186 e. The predicted molar refractivity (Wildman–Crippen MR) is 69.9 cm³/mol. The van der Waals surface area contributed by atoms with Crippen LogP contribution in [0.3, 0.4) is 0 Å². The number of nitrogens with two attached hydrogens (primary N) is 1. The molecular formula is C12H18BrN3O. The fourth-order valence-corrected chi connectivity index (χ4v) is 3.00. The van der Waals surface area contributed by atoms with E-state index in [1.54, 1.807) is 10.9 Å². The largest absolute Gasteiger partial charge is 0.327 e. The molecule has 2 rings (SSSR count). The van der Waals surface area contributed by atoms with Gasteiger partial charge < -0.3 is 5.73 Å². The molecule has 0 spiro atoms. The summed E-state index contributed by atoms with van der Waals surface area (Å²) < 4.78 is 2.52. The molecule has 0 saturated heterocycles. The van der Waals surface area contributed by atoms with Gasteiger partial charge in [-0.05, 0) is 35.7 Å². The number of Topliss-reactive ketones (excluding diaryl/α,β-unsaturated/α-hetero) is 1. The highest BCUT2D eigenvalue weighted by atomic mass is 79.9. The van der Waals surface area contributed by atoms with E-state index in [0.717, 1.165) is 30.2 Å². The molecule has 0 bridgehead atoms. The molecule has 1 aliphatic carbocycles. The fraction of sp³-hybridized carbons (Fsp3) is 0.667. The zero-order valence-corrected chi connectivity index (χ0v) is 11.6. The Morgan fingerprint density at radius 1 is 1.59 bits per heavy atom. The van der Waals surface area contributed by atoms with Crippen molar-refractivity contribution in [1.82, 2.24) is 9.78 Å². The highest BCUT2D eigenvalue weighted by Gasteiger charge is 2.31. The number of nitrogens with zero attached hydrogens (tertiary/aromatic N) is 2. The standard InChI is InChI=1S/C12H18BrN3O/c1-2-16-11(9(13)7-15-16)12(17)8-5-3-4-6-10(8)14/h7-8,10H,2-6,14H2,1H3. The monoisotopic (exact) mass is 299 g/mol. The van der Waals surface area contributed by atoms with E-state index in [1.807, 2.05) is 6.92 Å². The van der Waals surface area contributed by atoms with Gasteiger partial charge in [0.25, 0.3) is 0 Å². The van der Waals surface area contributed by atoms with Gasteiger partial charge in [-0.15, -0.1) is 0 Å². The van der Waals surface area contributed by atoms with Crippen molar-refractivity contribution in [1.29, 1.82) is 0 Å². The zero-order valence-electron chi connectivity index (χ0n) is 10.0. The van der Waals surface area contributed by atoms with Crippen LogP contribution < -0.4 is 5.73 Å². The number of carbonyl (C=O) groups is 1. The Morgan fingerprint density at radius 2 is 2.29 bits per heavy atom. The van der Waals surface area contributed by atoms with Gasteiger partial charge in [-0.2, -0.15) is 5.10 Å². The summed E-state index contributed by atoms with van der Waals surface area (Å²) in [5.41, 5.74) is 6.74. The molecule has 2 N–H and O–H groups in total. The molecule has 0 amide bonds. The van der Waals surface area contributed by atoms with E-state index in [-0.39, 0.29) is 17.7 Å². The van der Waals surface area contributed by atoms with E-state index in [0.29, 0.717) is 12.2 Å². The van der Waals surface area contributed by atoms with Crippen molar-refractivity contribution in [3.63, 3.8) is 0 Å². The zero-order chi connectivity index (χ0) is 12.4. The Morgan fingerprint density at radius 3 is 2.94 bits per heavy atom. The molecule has 4 nitrogen and oxygen atoms in total. The van der Waals surface area contributed by atoms with E-state index in [4.69, 9.17) is 5.73 Å². The Balaban J connectivity index is 2.26. The molecule has 0 aromatic carbocycles. The van der Waals surface area contributed by atoms with Crippen molar-refractivity contribution < 1.29 is 4.79 Å². The summed E-state index contributed by atoms with van der Waals surface area (Å²) in [6.07, 6.45) is 5.78. The topological polar surface area (TPSA) is 60.9 Å². The van der Waals surface area contributed by atoms with Crippen molar-refractivity contribution in [2.75, 3.05) is 0 Å². The van der Waals surface area contributed by atoms with Gasteiger partial charge in [0.1, 0.15) is 5.69 Å². The molecule has 1 aliphatic rings. The molecule has 1 heterocycles. The summed E-state index contributed by atoms with van der Waals surface area (Å²) in [5.74, 6) is 0.102. The number of halogens is 1. The predicted octanol–water partition coefficient (Wildman–Crippen LogP) is 2.37. The molecule has 5 heteroatoms. The Kier molecular flexibility index (Phi) is 3.99. The van der Waals surface area contributed by atoms with Crippen LogP contribution in [0.25, 0.3) is 0 Å². The Labute approximate surface area is 110 Å². The highest BCUT2D eigenvalue weighted by molar-refractivity contribution is 9.10. The molecule has 0 radical (unpaired) electrons. The first-order valence-electron chi connectivity index (χ1n) is 6.16. The molecule has 1 saturated carbocycles. The van der Waals surface area contributed by atoms with Gasteiger partial charge in [-0.1, -0.05) is 12.8 Å². The van der Waals surface area contributed by atoms with Gasteiger partial charge in [0.2, 0.25) is 0 Å². The number of rotatable bonds is 3. The summed E-state index contributed by atoms with van der Waals surface area (Å²) >= 11 is 3.40. The molecule has 2 atom stereocenters. The number of ketones is 1. The van der Waals surface area contributed by atoms with Gasteiger partial charge in [0, 0.05) is 18.5 Å². The Bertz CT molecular complexity index is 416. The van der Waals surface area contributed by atoms with Crippen LogP contribution in [0.2, 0.25) is 0 Å².